The number of fused-ring (bicyclic) bond motifs is 1. The predicted molar refractivity (Wildman–Crippen MR) is 80.6 cm³/mol. The summed E-state index contributed by atoms with van der Waals surface area (Å²) in [4.78, 5) is 26.6. The molecule has 2 aliphatic heterocycles. The third-order valence-corrected chi connectivity index (χ3v) is 4.23. The zero-order valence-electron chi connectivity index (χ0n) is 11.9. The molecule has 2 aliphatic rings. The number of carbonyl (C=O) groups is 2. The Labute approximate surface area is 128 Å². The monoisotopic (exact) mass is 293 g/mol. The summed E-state index contributed by atoms with van der Waals surface area (Å²) in [6.07, 6.45) is 0.569. The number of ether oxygens (including phenoxy) is 1. The van der Waals surface area contributed by atoms with Gasteiger partial charge in [-0.25, -0.2) is 0 Å². The molecular formula is C18H15NO3. The SMILES string of the molecule is O=C1c2ccccc2C(=O)N1[C@@H](Cc1ccccc1)[C@H]1CO1. The summed E-state index contributed by atoms with van der Waals surface area (Å²) >= 11 is 0. The standard InChI is InChI=1S/C18H15NO3/c20-17-13-8-4-5-9-14(13)18(21)19(17)15(16-11-22-16)10-12-6-2-1-3-7-12/h1-9,15-16H,10-11H2/t15-,16+/m0/s1. The molecular weight excluding hydrogens is 278 g/mol. The number of hydrogen-bond donors (Lipinski definition) is 0. The second-order valence-corrected chi connectivity index (χ2v) is 5.65. The highest BCUT2D eigenvalue weighted by Crippen LogP contribution is 2.31. The zero-order chi connectivity index (χ0) is 15.1. The van der Waals surface area contributed by atoms with E-state index in [9.17, 15) is 9.59 Å². The van der Waals surface area contributed by atoms with E-state index in [0.717, 1.165) is 5.56 Å². The molecule has 2 aromatic rings. The van der Waals surface area contributed by atoms with Crippen molar-refractivity contribution < 1.29 is 14.3 Å². The van der Waals surface area contributed by atoms with Gasteiger partial charge in [0.15, 0.2) is 0 Å². The number of hydrogen-bond acceptors (Lipinski definition) is 3. The smallest absolute Gasteiger partial charge is 0.261 e. The average molecular weight is 293 g/mol. The average Bonchev–Trinajstić information content (AvgIpc) is 3.36. The van der Waals surface area contributed by atoms with E-state index in [1.165, 1.54) is 4.90 Å². The molecule has 0 spiro atoms. The second-order valence-electron chi connectivity index (χ2n) is 5.65. The Hall–Kier alpha value is -2.46. The predicted octanol–water partition coefficient (Wildman–Crippen LogP) is 2.29. The number of carbonyl (C=O) groups excluding carboxylic acids is 2. The van der Waals surface area contributed by atoms with Crippen LogP contribution >= 0.6 is 0 Å². The van der Waals surface area contributed by atoms with E-state index in [0.29, 0.717) is 24.2 Å². The van der Waals surface area contributed by atoms with Crippen LogP contribution < -0.4 is 0 Å². The third-order valence-electron chi connectivity index (χ3n) is 4.23. The summed E-state index contributed by atoms with van der Waals surface area (Å²) in [5.41, 5.74) is 2.08. The summed E-state index contributed by atoms with van der Waals surface area (Å²) in [6, 6.07) is 16.6. The van der Waals surface area contributed by atoms with Gasteiger partial charge < -0.3 is 4.74 Å². The highest BCUT2D eigenvalue weighted by atomic mass is 16.6. The minimum Gasteiger partial charge on any atom is -0.371 e. The largest absolute Gasteiger partial charge is 0.371 e. The van der Waals surface area contributed by atoms with E-state index in [1.54, 1.807) is 24.3 Å². The van der Waals surface area contributed by atoms with Crippen LogP contribution in [0.1, 0.15) is 26.3 Å². The Balaban J connectivity index is 1.67. The summed E-state index contributed by atoms with van der Waals surface area (Å²) in [6.45, 7) is 0.602. The van der Waals surface area contributed by atoms with Crippen molar-refractivity contribution >= 4 is 11.8 Å². The molecule has 4 heteroatoms. The Morgan fingerprint density at radius 3 is 2.05 bits per heavy atom. The molecule has 2 aromatic carbocycles. The van der Waals surface area contributed by atoms with Gasteiger partial charge in [0.25, 0.3) is 11.8 Å². The first-order chi connectivity index (χ1) is 10.8. The normalized spacial score (nSPS) is 20.9. The number of amides is 2. The first-order valence-electron chi connectivity index (χ1n) is 7.38. The van der Waals surface area contributed by atoms with Gasteiger partial charge in [0.05, 0.1) is 23.8 Å². The topological polar surface area (TPSA) is 49.9 Å². The molecule has 0 N–H and O–H groups in total. The van der Waals surface area contributed by atoms with Gasteiger partial charge in [-0.05, 0) is 24.1 Å². The molecule has 22 heavy (non-hydrogen) atoms. The van der Waals surface area contributed by atoms with Crippen LogP contribution in [0.5, 0.6) is 0 Å². The summed E-state index contributed by atoms with van der Waals surface area (Å²) in [7, 11) is 0. The fraction of sp³-hybridized carbons (Fsp3) is 0.222. The Morgan fingerprint density at radius 1 is 0.955 bits per heavy atom. The van der Waals surface area contributed by atoms with Gasteiger partial charge in [0, 0.05) is 0 Å². The van der Waals surface area contributed by atoms with Crippen molar-refractivity contribution in [3.63, 3.8) is 0 Å². The lowest BCUT2D eigenvalue weighted by Crippen LogP contribution is -2.44. The van der Waals surface area contributed by atoms with Gasteiger partial charge in [-0.2, -0.15) is 0 Å². The van der Waals surface area contributed by atoms with E-state index in [2.05, 4.69) is 0 Å². The fourth-order valence-electron chi connectivity index (χ4n) is 3.03. The van der Waals surface area contributed by atoms with Crippen LogP contribution in [0.4, 0.5) is 0 Å². The summed E-state index contributed by atoms with van der Waals surface area (Å²) in [5, 5.41) is 0. The molecule has 0 aliphatic carbocycles. The van der Waals surface area contributed by atoms with Crippen molar-refractivity contribution in [2.75, 3.05) is 6.61 Å². The van der Waals surface area contributed by atoms with Gasteiger partial charge in [-0.1, -0.05) is 42.5 Å². The van der Waals surface area contributed by atoms with E-state index in [1.807, 2.05) is 30.3 Å². The van der Waals surface area contributed by atoms with Crippen molar-refractivity contribution in [2.24, 2.45) is 0 Å². The minimum atomic E-state index is -0.241. The molecule has 1 saturated heterocycles. The van der Waals surface area contributed by atoms with E-state index >= 15 is 0 Å². The minimum absolute atomic E-state index is 0.0533. The number of imide groups is 1. The van der Waals surface area contributed by atoms with E-state index in [4.69, 9.17) is 4.74 Å². The van der Waals surface area contributed by atoms with E-state index in [-0.39, 0.29) is 24.0 Å². The lowest BCUT2D eigenvalue weighted by atomic mass is 10.0. The molecule has 2 amide bonds. The molecule has 1 fully saturated rings. The second kappa shape index (κ2) is 5.07. The molecule has 2 heterocycles. The molecule has 0 radical (unpaired) electrons. The molecule has 0 aromatic heterocycles. The van der Waals surface area contributed by atoms with Crippen LogP contribution in [0.15, 0.2) is 54.6 Å². The lowest BCUT2D eigenvalue weighted by molar-refractivity contribution is 0.0555. The van der Waals surface area contributed by atoms with Crippen LogP contribution in [0, 0.1) is 0 Å². The molecule has 2 atom stereocenters. The number of nitrogens with zero attached hydrogens (tertiary/aromatic N) is 1. The maximum Gasteiger partial charge on any atom is 0.261 e. The van der Waals surface area contributed by atoms with Gasteiger partial charge in [-0.15, -0.1) is 0 Å². The first-order valence-corrected chi connectivity index (χ1v) is 7.38. The van der Waals surface area contributed by atoms with Gasteiger partial charge in [-0.3, -0.25) is 14.5 Å². The molecule has 110 valence electrons. The van der Waals surface area contributed by atoms with Gasteiger partial charge in [0.2, 0.25) is 0 Å². The molecule has 0 saturated carbocycles. The molecule has 0 bridgehead atoms. The maximum absolute atomic E-state index is 12.6. The number of rotatable bonds is 4. The highest BCUT2D eigenvalue weighted by Gasteiger charge is 2.46. The molecule has 0 unspecified atom stereocenters. The molecule has 4 rings (SSSR count). The highest BCUT2D eigenvalue weighted by molar-refractivity contribution is 6.21. The Kier molecular flexibility index (Phi) is 3.05. The summed E-state index contributed by atoms with van der Waals surface area (Å²) < 4.78 is 5.40. The Bertz CT molecular complexity index is 702. The van der Waals surface area contributed by atoms with Crippen LogP contribution in [0.3, 0.4) is 0 Å². The van der Waals surface area contributed by atoms with Crippen molar-refractivity contribution in [1.29, 1.82) is 0 Å². The summed E-state index contributed by atoms with van der Waals surface area (Å²) in [5.74, 6) is -0.422. The van der Waals surface area contributed by atoms with Crippen molar-refractivity contribution in [1.82, 2.24) is 4.90 Å². The maximum atomic E-state index is 12.6. The number of epoxide rings is 1. The quantitative estimate of drug-likeness (QED) is 0.642. The van der Waals surface area contributed by atoms with Gasteiger partial charge >= 0.3 is 0 Å². The number of benzene rings is 2. The van der Waals surface area contributed by atoms with Crippen molar-refractivity contribution in [3.8, 4) is 0 Å². The third kappa shape index (κ3) is 2.12. The lowest BCUT2D eigenvalue weighted by Gasteiger charge is -2.25. The van der Waals surface area contributed by atoms with Gasteiger partial charge in [0.1, 0.15) is 6.10 Å². The van der Waals surface area contributed by atoms with Crippen LogP contribution in [-0.2, 0) is 11.2 Å². The first kappa shape index (κ1) is 13.2. The van der Waals surface area contributed by atoms with E-state index < -0.39 is 0 Å². The molecule has 4 nitrogen and oxygen atoms in total. The Morgan fingerprint density at radius 2 is 1.50 bits per heavy atom. The van der Waals surface area contributed by atoms with Crippen molar-refractivity contribution in [2.45, 2.75) is 18.6 Å². The van der Waals surface area contributed by atoms with Crippen LogP contribution in [0.25, 0.3) is 0 Å². The zero-order valence-corrected chi connectivity index (χ0v) is 11.9. The van der Waals surface area contributed by atoms with Crippen LogP contribution in [0.2, 0.25) is 0 Å². The van der Waals surface area contributed by atoms with Crippen molar-refractivity contribution in [3.05, 3.63) is 71.3 Å². The fourth-order valence-corrected chi connectivity index (χ4v) is 3.03. The van der Waals surface area contributed by atoms with Crippen LogP contribution in [-0.4, -0.2) is 35.5 Å².